The second kappa shape index (κ2) is 9.27. The molecular weight excluding hydrogens is 435 g/mol. The summed E-state index contributed by atoms with van der Waals surface area (Å²) in [5, 5.41) is 1.53. The first-order chi connectivity index (χ1) is 13.4. The van der Waals surface area contributed by atoms with Gasteiger partial charge >= 0.3 is 0 Å². The molecular formula is C21H19Cl3N2OS. The molecule has 146 valence electrons. The summed E-state index contributed by atoms with van der Waals surface area (Å²) in [5.74, 6) is -0.310. The second-order valence-electron chi connectivity index (χ2n) is 6.21. The zero-order valence-electron chi connectivity index (χ0n) is 15.5. The van der Waals surface area contributed by atoms with Gasteiger partial charge in [0, 0.05) is 27.6 Å². The number of thiazole rings is 1. The average molecular weight is 454 g/mol. The Labute approximate surface area is 183 Å². The van der Waals surface area contributed by atoms with Gasteiger partial charge < -0.3 is 4.57 Å². The maximum atomic E-state index is 12.7. The first-order valence-electron chi connectivity index (χ1n) is 8.97. The standard InChI is InChI=1S/C21H19Cl3N2OS/c1-3-6-18-19(13-9-10-16(23)17(24)12-13)26(4-2)21(28-18)25-20(27)14-7-5-8-15(22)11-14/h5,7-12H,3-4,6H2,1-2H3. The van der Waals surface area contributed by atoms with Crippen LogP contribution in [0.3, 0.4) is 0 Å². The Balaban J connectivity index is 2.17. The first-order valence-corrected chi connectivity index (χ1v) is 10.9. The lowest BCUT2D eigenvalue weighted by Gasteiger charge is -2.10. The number of carbonyl (C=O) groups excluding carboxylic acids is 1. The summed E-state index contributed by atoms with van der Waals surface area (Å²) >= 11 is 19.9. The number of carbonyl (C=O) groups is 1. The maximum Gasteiger partial charge on any atom is 0.279 e. The van der Waals surface area contributed by atoms with Crippen LogP contribution in [0.15, 0.2) is 47.5 Å². The fourth-order valence-corrected chi connectivity index (χ4v) is 4.76. The number of halogens is 3. The van der Waals surface area contributed by atoms with Crippen molar-refractivity contribution in [2.45, 2.75) is 33.2 Å². The number of hydrogen-bond acceptors (Lipinski definition) is 2. The molecule has 3 aromatic rings. The van der Waals surface area contributed by atoms with Crippen LogP contribution in [-0.2, 0) is 13.0 Å². The Kier molecular flexibility index (Phi) is 7.00. The molecule has 0 unspecified atom stereocenters. The topological polar surface area (TPSA) is 34.4 Å². The summed E-state index contributed by atoms with van der Waals surface area (Å²) in [6, 6.07) is 12.4. The minimum Gasteiger partial charge on any atom is -0.316 e. The van der Waals surface area contributed by atoms with Crippen LogP contribution in [0.25, 0.3) is 11.3 Å². The van der Waals surface area contributed by atoms with Crippen molar-refractivity contribution in [1.82, 2.24) is 4.57 Å². The van der Waals surface area contributed by atoms with Crippen molar-refractivity contribution < 1.29 is 4.79 Å². The van der Waals surface area contributed by atoms with Crippen LogP contribution in [-0.4, -0.2) is 10.5 Å². The van der Waals surface area contributed by atoms with Crippen LogP contribution in [0.1, 0.15) is 35.5 Å². The highest BCUT2D eigenvalue weighted by molar-refractivity contribution is 7.09. The van der Waals surface area contributed by atoms with Crippen LogP contribution in [0.4, 0.5) is 0 Å². The quantitative estimate of drug-likeness (QED) is 0.414. The first kappa shape index (κ1) is 21.1. The van der Waals surface area contributed by atoms with Gasteiger partial charge in [-0.05, 0) is 43.7 Å². The second-order valence-corrected chi connectivity index (χ2v) is 8.52. The van der Waals surface area contributed by atoms with E-state index in [1.165, 1.54) is 16.2 Å². The molecule has 1 heterocycles. The molecule has 0 spiro atoms. The molecule has 0 radical (unpaired) electrons. The van der Waals surface area contributed by atoms with E-state index in [-0.39, 0.29) is 5.91 Å². The Hall–Kier alpha value is -1.59. The summed E-state index contributed by atoms with van der Waals surface area (Å²) < 4.78 is 2.05. The molecule has 1 amide bonds. The highest BCUT2D eigenvalue weighted by Crippen LogP contribution is 2.32. The summed E-state index contributed by atoms with van der Waals surface area (Å²) in [6.07, 6.45) is 1.88. The Morgan fingerprint density at radius 3 is 2.50 bits per heavy atom. The Bertz CT molecular complexity index is 1090. The van der Waals surface area contributed by atoms with Crippen molar-refractivity contribution >= 4 is 52.0 Å². The largest absolute Gasteiger partial charge is 0.316 e. The molecule has 0 aliphatic rings. The zero-order valence-corrected chi connectivity index (χ0v) is 18.6. The van der Waals surface area contributed by atoms with Crippen molar-refractivity contribution in [3.05, 3.63) is 72.8 Å². The van der Waals surface area contributed by atoms with Crippen LogP contribution in [0, 0.1) is 0 Å². The minimum atomic E-state index is -0.310. The lowest BCUT2D eigenvalue weighted by atomic mass is 10.1. The fourth-order valence-electron chi connectivity index (χ4n) is 2.97. The van der Waals surface area contributed by atoms with Crippen LogP contribution in [0.5, 0.6) is 0 Å². The van der Waals surface area contributed by atoms with Crippen LogP contribution in [0.2, 0.25) is 15.1 Å². The lowest BCUT2D eigenvalue weighted by Crippen LogP contribution is -2.17. The highest BCUT2D eigenvalue weighted by Gasteiger charge is 2.16. The third kappa shape index (κ3) is 4.52. The molecule has 3 rings (SSSR count). The van der Waals surface area contributed by atoms with Crippen LogP contribution < -0.4 is 4.80 Å². The van der Waals surface area contributed by atoms with Gasteiger partial charge in [-0.2, -0.15) is 4.99 Å². The number of rotatable bonds is 5. The average Bonchev–Trinajstić information content (AvgIpc) is 3.01. The van der Waals surface area contributed by atoms with E-state index in [2.05, 4.69) is 16.5 Å². The van der Waals surface area contributed by atoms with Crippen molar-refractivity contribution in [3.8, 4) is 11.3 Å². The van der Waals surface area contributed by atoms with Gasteiger partial charge in [0.25, 0.3) is 5.91 Å². The van der Waals surface area contributed by atoms with Gasteiger partial charge in [-0.15, -0.1) is 11.3 Å². The number of aromatic nitrogens is 1. The molecule has 1 aromatic heterocycles. The monoisotopic (exact) mass is 452 g/mol. The van der Waals surface area contributed by atoms with Crippen molar-refractivity contribution in [1.29, 1.82) is 0 Å². The normalized spacial score (nSPS) is 11.8. The van der Waals surface area contributed by atoms with E-state index in [9.17, 15) is 4.79 Å². The van der Waals surface area contributed by atoms with E-state index in [0.717, 1.165) is 24.1 Å². The molecule has 0 N–H and O–H groups in total. The molecule has 0 aliphatic heterocycles. The highest BCUT2D eigenvalue weighted by atomic mass is 35.5. The van der Waals surface area contributed by atoms with E-state index in [4.69, 9.17) is 34.8 Å². The summed E-state index contributed by atoms with van der Waals surface area (Å²) in [5.41, 5.74) is 2.47. The summed E-state index contributed by atoms with van der Waals surface area (Å²) in [4.78, 5) is 18.9. The maximum absolute atomic E-state index is 12.7. The third-order valence-electron chi connectivity index (χ3n) is 4.23. The van der Waals surface area contributed by atoms with Gasteiger partial charge in [0.2, 0.25) is 0 Å². The van der Waals surface area contributed by atoms with Gasteiger partial charge in [0.15, 0.2) is 4.80 Å². The zero-order chi connectivity index (χ0) is 20.3. The van der Waals surface area contributed by atoms with Crippen LogP contribution >= 0.6 is 46.1 Å². The van der Waals surface area contributed by atoms with Gasteiger partial charge in [0.1, 0.15) is 0 Å². The fraction of sp³-hybridized carbons (Fsp3) is 0.238. The molecule has 0 aliphatic carbocycles. The summed E-state index contributed by atoms with van der Waals surface area (Å²) in [7, 11) is 0. The Morgan fingerprint density at radius 1 is 1.07 bits per heavy atom. The minimum absolute atomic E-state index is 0.310. The van der Waals surface area contributed by atoms with Gasteiger partial charge in [0.05, 0.1) is 15.7 Å². The van der Waals surface area contributed by atoms with Gasteiger partial charge in [-0.25, -0.2) is 0 Å². The smallest absolute Gasteiger partial charge is 0.279 e. The van der Waals surface area contributed by atoms with E-state index in [0.29, 0.717) is 32.0 Å². The van der Waals surface area contributed by atoms with Gasteiger partial charge in [-0.3, -0.25) is 4.79 Å². The molecule has 3 nitrogen and oxygen atoms in total. The molecule has 28 heavy (non-hydrogen) atoms. The number of nitrogens with zero attached hydrogens (tertiary/aromatic N) is 2. The lowest BCUT2D eigenvalue weighted by molar-refractivity contribution is 0.0998. The molecule has 0 bridgehead atoms. The Morgan fingerprint density at radius 2 is 1.86 bits per heavy atom. The molecule has 0 atom stereocenters. The predicted octanol–water partition coefficient (Wildman–Crippen LogP) is 6.89. The van der Waals surface area contributed by atoms with E-state index < -0.39 is 0 Å². The number of amides is 1. The molecule has 0 saturated carbocycles. The molecule has 0 fully saturated rings. The number of aryl methyl sites for hydroxylation is 1. The van der Waals surface area contributed by atoms with E-state index >= 15 is 0 Å². The molecule has 2 aromatic carbocycles. The number of benzene rings is 2. The van der Waals surface area contributed by atoms with Crippen molar-refractivity contribution in [2.75, 3.05) is 0 Å². The number of hydrogen-bond donors (Lipinski definition) is 0. The molecule has 7 heteroatoms. The van der Waals surface area contributed by atoms with Crippen molar-refractivity contribution in [3.63, 3.8) is 0 Å². The van der Waals surface area contributed by atoms with Crippen molar-refractivity contribution in [2.24, 2.45) is 4.99 Å². The van der Waals surface area contributed by atoms with Gasteiger partial charge in [-0.1, -0.05) is 60.3 Å². The van der Waals surface area contributed by atoms with E-state index in [1.54, 1.807) is 30.3 Å². The predicted molar refractivity (Wildman–Crippen MR) is 119 cm³/mol. The molecule has 0 saturated heterocycles. The summed E-state index contributed by atoms with van der Waals surface area (Å²) in [6.45, 7) is 4.84. The SMILES string of the molecule is CCCc1sc(=NC(=O)c2cccc(Cl)c2)n(CC)c1-c1ccc(Cl)c(Cl)c1. The third-order valence-corrected chi connectivity index (χ3v) is 6.35. The van der Waals surface area contributed by atoms with E-state index in [1.807, 2.05) is 19.1 Å².